The highest BCUT2D eigenvalue weighted by Crippen LogP contribution is 2.22. The van der Waals surface area contributed by atoms with E-state index in [0.717, 1.165) is 18.7 Å². The zero-order valence-corrected chi connectivity index (χ0v) is 17.1. The molecule has 2 fully saturated rings. The number of halogens is 4. The van der Waals surface area contributed by atoms with Crippen LogP contribution in [0.3, 0.4) is 0 Å². The van der Waals surface area contributed by atoms with Crippen molar-refractivity contribution in [3.63, 3.8) is 0 Å². The Morgan fingerprint density at radius 3 is 2.53 bits per heavy atom. The summed E-state index contributed by atoms with van der Waals surface area (Å²) in [5, 5.41) is 6.52. The molecule has 0 aromatic heterocycles. The fourth-order valence-electron chi connectivity index (χ4n) is 3.96. The monoisotopic (exact) mass is 431 g/mol. The first-order valence-corrected chi connectivity index (χ1v) is 10.2. The molecule has 2 aliphatic rings. The minimum Gasteiger partial charge on any atom is -0.379 e. The molecule has 2 N–H and O–H groups in total. The van der Waals surface area contributed by atoms with Crippen LogP contribution in [0, 0.1) is 5.82 Å². The molecule has 2 heterocycles. The van der Waals surface area contributed by atoms with E-state index in [0.29, 0.717) is 45.2 Å². The molecule has 0 aliphatic carbocycles. The molecule has 0 bridgehead atoms. The SMILES string of the molecule is CN=C(NCC(c1ccc(F)cc1)N1CCOCC1)NC1CCN(CC(F)(F)F)C1. The number of morpholine rings is 1. The number of aliphatic imine (C=N–C) groups is 1. The molecule has 0 saturated carbocycles. The lowest BCUT2D eigenvalue weighted by molar-refractivity contribution is -0.143. The van der Waals surface area contributed by atoms with Crippen molar-refractivity contribution < 1.29 is 22.3 Å². The lowest BCUT2D eigenvalue weighted by atomic mass is 10.0. The summed E-state index contributed by atoms with van der Waals surface area (Å²) in [6.45, 7) is 3.19. The van der Waals surface area contributed by atoms with Crippen LogP contribution in [0.4, 0.5) is 17.6 Å². The fourth-order valence-corrected chi connectivity index (χ4v) is 3.96. The van der Waals surface area contributed by atoms with Gasteiger partial charge in [0.25, 0.3) is 0 Å². The summed E-state index contributed by atoms with van der Waals surface area (Å²) in [6, 6.07) is 6.36. The molecular weight excluding hydrogens is 402 g/mol. The van der Waals surface area contributed by atoms with E-state index in [1.807, 2.05) is 0 Å². The Balaban J connectivity index is 1.57. The highest BCUT2D eigenvalue weighted by molar-refractivity contribution is 5.80. The van der Waals surface area contributed by atoms with Gasteiger partial charge in [0.05, 0.1) is 25.8 Å². The van der Waals surface area contributed by atoms with Crippen LogP contribution >= 0.6 is 0 Å². The topological polar surface area (TPSA) is 52.1 Å². The zero-order chi connectivity index (χ0) is 21.6. The van der Waals surface area contributed by atoms with Gasteiger partial charge < -0.3 is 15.4 Å². The number of nitrogens with one attached hydrogen (secondary N) is 2. The molecule has 1 aromatic rings. The summed E-state index contributed by atoms with van der Waals surface area (Å²) < 4.78 is 56.6. The smallest absolute Gasteiger partial charge is 0.379 e. The molecule has 2 atom stereocenters. The van der Waals surface area contributed by atoms with E-state index in [4.69, 9.17) is 4.74 Å². The van der Waals surface area contributed by atoms with E-state index in [2.05, 4.69) is 20.5 Å². The third-order valence-corrected chi connectivity index (χ3v) is 5.44. The molecule has 0 spiro atoms. The molecule has 6 nitrogen and oxygen atoms in total. The second kappa shape index (κ2) is 10.4. The molecule has 1 aromatic carbocycles. The first-order valence-electron chi connectivity index (χ1n) is 10.2. The second-order valence-corrected chi connectivity index (χ2v) is 7.65. The van der Waals surface area contributed by atoms with Gasteiger partial charge >= 0.3 is 6.18 Å². The van der Waals surface area contributed by atoms with Gasteiger partial charge in [-0.05, 0) is 24.1 Å². The van der Waals surface area contributed by atoms with E-state index in [1.54, 1.807) is 19.2 Å². The molecular formula is C20H29F4N5O. The van der Waals surface area contributed by atoms with Gasteiger partial charge in [0.2, 0.25) is 0 Å². The number of hydrogen-bond acceptors (Lipinski definition) is 4. The summed E-state index contributed by atoms with van der Waals surface area (Å²) in [4.78, 5) is 7.90. The molecule has 2 unspecified atom stereocenters. The van der Waals surface area contributed by atoms with Gasteiger partial charge in [0, 0.05) is 45.8 Å². The number of alkyl halides is 3. The van der Waals surface area contributed by atoms with Crippen LogP contribution in [-0.4, -0.2) is 87.5 Å². The number of ether oxygens (including phenoxy) is 1. The van der Waals surface area contributed by atoms with E-state index in [9.17, 15) is 17.6 Å². The number of rotatable bonds is 6. The summed E-state index contributed by atoms with van der Waals surface area (Å²) >= 11 is 0. The lowest BCUT2D eigenvalue weighted by Crippen LogP contribution is -2.49. The van der Waals surface area contributed by atoms with E-state index < -0.39 is 12.7 Å². The zero-order valence-electron chi connectivity index (χ0n) is 17.1. The van der Waals surface area contributed by atoms with Crippen LogP contribution in [0.2, 0.25) is 0 Å². The predicted octanol–water partition coefficient (Wildman–Crippen LogP) is 2.00. The molecule has 30 heavy (non-hydrogen) atoms. The van der Waals surface area contributed by atoms with Gasteiger partial charge in [0.1, 0.15) is 5.82 Å². The Bertz CT molecular complexity index is 691. The highest BCUT2D eigenvalue weighted by atomic mass is 19.4. The van der Waals surface area contributed by atoms with Crippen molar-refractivity contribution >= 4 is 5.96 Å². The third kappa shape index (κ3) is 6.82. The normalized spacial score (nSPS) is 22.8. The van der Waals surface area contributed by atoms with Crippen molar-refractivity contribution in [1.82, 2.24) is 20.4 Å². The fraction of sp³-hybridized carbons (Fsp3) is 0.650. The standard InChI is InChI=1S/C20H29F4N5O/c1-25-19(27-17-6-7-28(13-17)14-20(22,23)24)26-12-18(29-8-10-30-11-9-29)15-2-4-16(21)5-3-15/h2-5,17-18H,6-14H2,1H3,(H2,25,26,27). The number of benzene rings is 1. The van der Waals surface area contributed by atoms with Crippen LogP contribution in [0.25, 0.3) is 0 Å². The minimum absolute atomic E-state index is 0.00152. The second-order valence-electron chi connectivity index (χ2n) is 7.65. The quantitative estimate of drug-likeness (QED) is 0.410. The number of nitrogens with zero attached hydrogens (tertiary/aromatic N) is 3. The summed E-state index contributed by atoms with van der Waals surface area (Å²) in [5.74, 6) is 0.267. The average molecular weight is 431 g/mol. The number of guanidine groups is 1. The molecule has 2 saturated heterocycles. The summed E-state index contributed by atoms with van der Waals surface area (Å²) in [5.41, 5.74) is 0.985. The van der Waals surface area contributed by atoms with Crippen molar-refractivity contribution in [1.29, 1.82) is 0 Å². The van der Waals surface area contributed by atoms with Crippen molar-refractivity contribution in [3.05, 3.63) is 35.6 Å². The predicted molar refractivity (Wildman–Crippen MR) is 107 cm³/mol. The van der Waals surface area contributed by atoms with Gasteiger partial charge in [-0.15, -0.1) is 0 Å². The van der Waals surface area contributed by atoms with Crippen LogP contribution in [0.1, 0.15) is 18.0 Å². The maximum Gasteiger partial charge on any atom is 0.401 e. The number of likely N-dealkylation sites (tertiary alicyclic amines) is 1. The number of hydrogen-bond donors (Lipinski definition) is 2. The molecule has 0 radical (unpaired) electrons. The van der Waals surface area contributed by atoms with Crippen molar-refractivity contribution in [2.45, 2.75) is 24.7 Å². The van der Waals surface area contributed by atoms with E-state index >= 15 is 0 Å². The van der Waals surface area contributed by atoms with Crippen LogP contribution in [0.15, 0.2) is 29.3 Å². The van der Waals surface area contributed by atoms with Gasteiger partial charge in [-0.2, -0.15) is 13.2 Å². The Kier molecular flexibility index (Phi) is 7.90. The van der Waals surface area contributed by atoms with Crippen molar-refractivity contribution in [3.8, 4) is 0 Å². The van der Waals surface area contributed by atoms with Crippen molar-refractivity contribution in [2.75, 3.05) is 59.5 Å². The van der Waals surface area contributed by atoms with Gasteiger partial charge in [0.15, 0.2) is 5.96 Å². The third-order valence-electron chi connectivity index (χ3n) is 5.44. The first kappa shape index (κ1) is 22.8. The minimum atomic E-state index is -4.19. The van der Waals surface area contributed by atoms with Crippen LogP contribution < -0.4 is 10.6 Å². The molecule has 3 rings (SSSR count). The van der Waals surface area contributed by atoms with E-state index in [1.165, 1.54) is 17.0 Å². The Hall–Kier alpha value is -1.91. The van der Waals surface area contributed by atoms with Crippen LogP contribution in [0.5, 0.6) is 0 Å². The molecule has 2 aliphatic heterocycles. The van der Waals surface area contributed by atoms with Crippen molar-refractivity contribution in [2.24, 2.45) is 4.99 Å². The largest absolute Gasteiger partial charge is 0.401 e. The Morgan fingerprint density at radius 1 is 1.20 bits per heavy atom. The summed E-state index contributed by atoms with van der Waals surface area (Å²) in [6.07, 6.45) is -3.56. The van der Waals surface area contributed by atoms with Gasteiger partial charge in [-0.25, -0.2) is 4.39 Å². The van der Waals surface area contributed by atoms with Crippen LogP contribution in [-0.2, 0) is 4.74 Å². The maximum atomic E-state index is 13.4. The molecule has 10 heteroatoms. The van der Waals surface area contributed by atoms with E-state index in [-0.39, 0.29) is 17.9 Å². The Labute approximate surface area is 174 Å². The Morgan fingerprint density at radius 2 is 1.90 bits per heavy atom. The first-order chi connectivity index (χ1) is 14.3. The summed E-state index contributed by atoms with van der Waals surface area (Å²) in [7, 11) is 1.64. The van der Waals surface area contributed by atoms with Gasteiger partial charge in [-0.1, -0.05) is 12.1 Å². The maximum absolute atomic E-state index is 13.4. The van der Waals surface area contributed by atoms with Gasteiger partial charge in [-0.3, -0.25) is 14.8 Å². The average Bonchev–Trinajstić information content (AvgIpc) is 3.14. The highest BCUT2D eigenvalue weighted by Gasteiger charge is 2.34. The lowest BCUT2D eigenvalue weighted by Gasteiger charge is -2.35. The molecule has 0 amide bonds. The molecule has 168 valence electrons.